The van der Waals surface area contributed by atoms with Crippen LogP contribution in [-0.2, 0) is 4.79 Å². The van der Waals surface area contributed by atoms with Crippen LogP contribution < -0.4 is 11.1 Å². The van der Waals surface area contributed by atoms with Gasteiger partial charge in [-0.2, -0.15) is 0 Å². The highest BCUT2D eigenvalue weighted by atomic mass is 127. The molecule has 76 valence electrons. The number of nitrogens with one attached hydrogen (secondary N) is 1. The van der Waals surface area contributed by atoms with Crippen molar-refractivity contribution in [2.45, 2.75) is 19.4 Å². The molecule has 0 saturated carbocycles. The molecule has 0 atom stereocenters. The first-order valence-electron chi connectivity index (χ1n) is 4.25. The number of halogens is 1. The van der Waals surface area contributed by atoms with Gasteiger partial charge in [0.15, 0.2) is 0 Å². The monoisotopic (exact) mass is 304 g/mol. The van der Waals surface area contributed by atoms with Crippen molar-refractivity contribution in [3.05, 3.63) is 27.8 Å². The second-order valence-corrected chi connectivity index (χ2v) is 4.93. The fraction of sp³-hybridized carbons (Fsp3) is 0.300. The third-order valence-corrected chi connectivity index (χ3v) is 2.34. The molecule has 0 heterocycles. The zero-order chi connectivity index (χ0) is 10.8. The largest absolute Gasteiger partial charge is 0.324 e. The summed E-state index contributed by atoms with van der Waals surface area (Å²) in [6, 6.07) is 7.58. The van der Waals surface area contributed by atoms with Gasteiger partial charge in [-0.25, -0.2) is 0 Å². The molecule has 3 nitrogen and oxygen atoms in total. The summed E-state index contributed by atoms with van der Waals surface area (Å²) >= 11 is 2.19. The summed E-state index contributed by atoms with van der Waals surface area (Å²) in [7, 11) is 0. The van der Waals surface area contributed by atoms with E-state index in [1.165, 1.54) is 0 Å². The SMILES string of the molecule is CC(C)(N)C(=O)Nc1cccc(I)c1. The molecule has 0 bridgehead atoms. The predicted octanol–water partition coefficient (Wildman–Crippen LogP) is 1.97. The van der Waals surface area contributed by atoms with E-state index in [2.05, 4.69) is 27.9 Å². The smallest absolute Gasteiger partial charge is 0.243 e. The lowest BCUT2D eigenvalue weighted by Crippen LogP contribution is -2.45. The molecule has 0 radical (unpaired) electrons. The van der Waals surface area contributed by atoms with Gasteiger partial charge in [0.25, 0.3) is 0 Å². The minimum absolute atomic E-state index is 0.181. The number of nitrogens with two attached hydrogens (primary N) is 1. The molecule has 1 aromatic carbocycles. The van der Waals surface area contributed by atoms with Gasteiger partial charge in [-0.3, -0.25) is 4.79 Å². The summed E-state index contributed by atoms with van der Waals surface area (Å²) in [6.45, 7) is 3.35. The summed E-state index contributed by atoms with van der Waals surface area (Å²) in [5.41, 5.74) is 5.58. The highest BCUT2D eigenvalue weighted by Gasteiger charge is 2.21. The van der Waals surface area contributed by atoms with Gasteiger partial charge in [0.1, 0.15) is 0 Å². The van der Waals surface area contributed by atoms with E-state index in [-0.39, 0.29) is 5.91 Å². The number of rotatable bonds is 2. The van der Waals surface area contributed by atoms with E-state index in [4.69, 9.17) is 5.73 Å². The maximum Gasteiger partial charge on any atom is 0.243 e. The first kappa shape index (κ1) is 11.5. The summed E-state index contributed by atoms with van der Waals surface area (Å²) < 4.78 is 1.08. The average Bonchev–Trinajstić information content (AvgIpc) is 2.02. The third-order valence-electron chi connectivity index (χ3n) is 1.67. The summed E-state index contributed by atoms with van der Waals surface area (Å²) in [5.74, 6) is -0.181. The number of hydrogen-bond acceptors (Lipinski definition) is 2. The van der Waals surface area contributed by atoms with Crippen LogP contribution in [0.5, 0.6) is 0 Å². The van der Waals surface area contributed by atoms with Gasteiger partial charge in [0.2, 0.25) is 5.91 Å². The fourth-order valence-corrected chi connectivity index (χ4v) is 1.40. The Labute approximate surface area is 97.2 Å². The summed E-state index contributed by atoms with van der Waals surface area (Å²) in [5, 5.41) is 2.75. The molecular formula is C10H13IN2O. The molecule has 1 aromatic rings. The maximum absolute atomic E-state index is 11.5. The van der Waals surface area contributed by atoms with Crippen molar-refractivity contribution in [3.8, 4) is 0 Å². The van der Waals surface area contributed by atoms with E-state index < -0.39 is 5.54 Å². The fourth-order valence-electron chi connectivity index (χ4n) is 0.858. The van der Waals surface area contributed by atoms with E-state index >= 15 is 0 Å². The van der Waals surface area contributed by atoms with Gasteiger partial charge >= 0.3 is 0 Å². The van der Waals surface area contributed by atoms with E-state index in [0.717, 1.165) is 9.26 Å². The van der Waals surface area contributed by atoms with Crippen LogP contribution in [0.2, 0.25) is 0 Å². The Kier molecular flexibility index (Phi) is 3.49. The van der Waals surface area contributed by atoms with Gasteiger partial charge in [0, 0.05) is 9.26 Å². The van der Waals surface area contributed by atoms with Crippen molar-refractivity contribution in [3.63, 3.8) is 0 Å². The predicted molar refractivity (Wildman–Crippen MR) is 66.1 cm³/mol. The van der Waals surface area contributed by atoms with Crippen LogP contribution in [0.1, 0.15) is 13.8 Å². The topological polar surface area (TPSA) is 55.1 Å². The van der Waals surface area contributed by atoms with E-state index in [1.807, 2.05) is 24.3 Å². The Morgan fingerprint density at radius 2 is 2.14 bits per heavy atom. The van der Waals surface area contributed by atoms with Crippen LogP contribution in [0, 0.1) is 3.57 Å². The Balaban J connectivity index is 2.75. The minimum atomic E-state index is -0.846. The van der Waals surface area contributed by atoms with Gasteiger partial charge in [-0.1, -0.05) is 6.07 Å². The first-order valence-corrected chi connectivity index (χ1v) is 5.33. The molecule has 0 spiro atoms. The quantitative estimate of drug-likeness (QED) is 0.821. The lowest BCUT2D eigenvalue weighted by Gasteiger charge is -2.17. The normalized spacial score (nSPS) is 11.1. The second kappa shape index (κ2) is 4.27. The maximum atomic E-state index is 11.5. The molecular weight excluding hydrogens is 291 g/mol. The van der Waals surface area contributed by atoms with Crippen molar-refractivity contribution < 1.29 is 4.79 Å². The van der Waals surface area contributed by atoms with Gasteiger partial charge in [-0.15, -0.1) is 0 Å². The Bertz CT molecular complexity index is 344. The van der Waals surface area contributed by atoms with E-state index in [1.54, 1.807) is 13.8 Å². The molecule has 0 unspecified atom stereocenters. The minimum Gasteiger partial charge on any atom is -0.324 e. The molecule has 3 N–H and O–H groups in total. The van der Waals surface area contributed by atoms with Crippen molar-refractivity contribution >= 4 is 34.2 Å². The molecule has 0 aliphatic rings. The van der Waals surface area contributed by atoms with Gasteiger partial charge in [0.05, 0.1) is 5.54 Å². The molecule has 1 amide bonds. The number of carbonyl (C=O) groups is 1. The molecule has 0 saturated heterocycles. The molecule has 4 heteroatoms. The van der Waals surface area contributed by atoms with Crippen LogP contribution in [0.25, 0.3) is 0 Å². The van der Waals surface area contributed by atoms with Gasteiger partial charge < -0.3 is 11.1 Å². The zero-order valence-electron chi connectivity index (χ0n) is 8.17. The summed E-state index contributed by atoms with van der Waals surface area (Å²) in [4.78, 5) is 11.5. The first-order chi connectivity index (χ1) is 6.39. The van der Waals surface area contributed by atoms with Gasteiger partial charge in [-0.05, 0) is 54.6 Å². The van der Waals surface area contributed by atoms with Crippen molar-refractivity contribution in [1.82, 2.24) is 0 Å². The number of benzene rings is 1. The molecule has 0 fully saturated rings. The van der Waals surface area contributed by atoms with Crippen molar-refractivity contribution in [2.75, 3.05) is 5.32 Å². The lowest BCUT2D eigenvalue weighted by atomic mass is 10.1. The number of anilines is 1. The highest BCUT2D eigenvalue weighted by Crippen LogP contribution is 2.13. The highest BCUT2D eigenvalue weighted by molar-refractivity contribution is 14.1. The Morgan fingerprint density at radius 1 is 1.50 bits per heavy atom. The lowest BCUT2D eigenvalue weighted by molar-refractivity contribution is -0.120. The van der Waals surface area contributed by atoms with Crippen LogP contribution in [0.4, 0.5) is 5.69 Å². The van der Waals surface area contributed by atoms with Crippen LogP contribution in [0.15, 0.2) is 24.3 Å². The number of hydrogen-bond donors (Lipinski definition) is 2. The van der Waals surface area contributed by atoms with Crippen LogP contribution in [-0.4, -0.2) is 11.4 Å². The van der Waals surface area contributed by atoms with Crippen LogP contribution >= 0.6 is 22.6 Å². The molecule has 0 aliphatic carbocycles. The second-order valence-electron chi connectivity index (χ2n) is 3.69. The van der Waals surface area contributed by atoms with E-state index in [0.29, 0.717) is 0 Å². The van der Waals surface area contributed by atoms with Crippen LogP contribution in [0.3, 0.4) is 0 Å². The Morgan fingerprint density at radius 3 is 2.64 bits per heavy atom. The number of amides is 1. The zero-order valence-corrected chi connectivity index (χ0v) is 10.3. The summed E-state index contributed by atoms with van der Waals surface area (Å²) in [6.07, 6.45) is 0. The van der Waals surface area contributed by atoms with Crippen molar-refractivity contribution in [2.24, 2.45) is 5.73 Å². The van der Waals surface area contributed by atoms with E-state index in [9.17, 15) is 4.79 Å². The Hall–Kier alpha value is -0.620. The molecule has 1 rings (SSSR count). The van der Waals surface area contributed by atoms with Crippen molar-refractivity contribution in [1.29, 1.82) is 0 Å². The third kappa shape index (κ3) is 3.26. The molecule has 14 heavy (non-hydrogen) atoms. The molecule has 0 aliphatic heterocycles. The number of carbonyl (C=O) groups excluding carboxylic acids is 1. The standard InChI is InChI=1S/C10H13IN2O/c1-10(2,12)9(14)13-8-5-3-4-7(11)6-8/h3-6H,12H2,1-2H3,(H,13,14). The molecule has 0 aromatic heterocycles. The average molecular weight is 304 g/mol.